The first-order valence-corrected chi connectivity index (χ1v) is 27.8. The van der Waals surface area contributed by atoms with Crippen molar-refractivity contribution in [2.45, 2.75) is 134 Å². The molecule has 4 aliphatic rings. The monoisotopic (exact) mass is 1190 g/mol. The van der Waals surface area contributed by atoms with Gasteiger partial charge in [0.15, 0.2) is 24.6 Å². The lowest BCUT2D eigenvalue weighted by Crippen LogP contribution is -2.37. The third kappa shape index (κ3) is 16.0. The van der Waals surface area contributed by atoms with Crippen molar-refractivity contribution >= 4 is 29.8 Å². The Morgan fingerprint density at radius 2 is 0.872 bits per heavy atom. The zero-order chi connectivity index (χ0) is 65.0. The number of H-pyrrole nitrogens is 2. The van der Waals surface area contributed by atoms with Crippen molar-refractivity contribution in [3.05, 3.63) is 210 Å². The number of cyclic esters (lactones) is 1. The maximum Gasteiger partial charge on any atom is 0.348 e. The number of rotatable bonds is 14. The number of aromatic nitrogens is 4. The van der Waals surface area contributed by atoms with E-state index in [9.17, 15) is 53.4 Å². The third-order valence-corrected chi connectivity index (χ3v) is 14.4. The van der Waals surface area contributed by atoms with Crippen LogP contribution in [0.25, 0.3) is 0 Å². The van der Waals surface area contributed by atoms with Gasteiger partial charge in [0.25, 0.3) is 11.1 Å². The molecule has 0 amide bonds. The van der Waals surface area contributed by atoms with Gasteiger partial charge in [0.05, 0.1) is 43.8 Å². The number of aliphatic hydroxyl groups excluding tert-OH is 3. The van der Waals surface area contributed by atoms with Gasteiger partial charge in [0, 0.05) is 42.3 Å². The first kappa shape index (κ1) is 60.5. The maximum absolute atomic E-state index is 12.5. The number of ether oxygens (including phenoxy) is 8. The summed E-state index contributed by atoms with van der Waals surface area (Å²) >= 11 is 0. The number of nitrogens with one attached hydrogen (secondary N) is 2. The van der Waals surface area contributed by atoms with Crippen LogP contribution in [0.15, 0.2) is 165 Å². The molecule has 0 spiro atoms. The van der Waals surface area contributed by atoms with E-state index in [1.807, 2.05) is 52.6 Å². The Morgan fingerprint density at radius 1 is 0.488 bits per heavy atom. The Labute approximate surface area is 497 Å². The Balaban J connectivity index is 0.000000172. The lowest BCUT2D eigenvalue weighted by atomic mass is 9.98. The van der Waals surface area contributed by atoms with Crippen molar-refractivity contribution in [2.24, 2.45) is 17.8 Å². The van der Waals surface area contributed by atoms with Crippen molar-refractivity contribution < 1.29 is 81.3 Å². The molecule has 0 bridgehead atoms. The summed E-state index contributed by atoms with van der Waals surface area (Å²) in [5, 5.41) is 28.2. The van der Waals surface area contributed by atoms with Crippen LogP contribution in [0, 0.1) is 17.8 Å². The SMILES string of the molecule is CC[C@H]1OC(=O)C(OC(=O)c2ccccc2)[C@@H]1C.[2H]C1(OC(=O)c2ccccc2)O[C@H](CC)[C@@H](C)C1OC(=O)c1ccccc1.[2H][C@@]1(n2ccc(=O)[nH]c2=O)O[C@H](CC)[C@@H](C)C1OC(=O)c1ccccc1.[2H][C@@]1(n2ccc(=O)[nH]c2=O)O[C@H](CO)[C@@H](O)[C@H]1O. The van der Waals surface area contributed by atoms with E-state index in [0.717, 1.165) is 29.3 Å². The van der Waals surface area contributed by atoms with Gasteiger partial charge in [0.2, 0.25) is 12.4 Å². The van der Waals surface area contributed by atoms with E-state index in [0.29, 0.717) is 39.7 Å². The molecule has 0 aliphatic carbocycles. The molecule has 6 aromatic rings. The van der Waals surface area contributed by atoms with Crippen LogP contribution in [0.5, 0.6) is 0 Å². The zero-order valence-electron chi connectivity index (χ0n) is 50.8. The average Bonchev–Trinajstić information content (AvgIpc) is 1.69. The lowest BCUT2D eigenvalue weighted by Gasteiger charge is -2.22. The van der Waals surface area contributed by atoms with Gasteiger partial charge in [-0.2, -0.15) is 0 Å². The van der Waals surface area contributed by atoms with E-state index in [-0.39, 0.29) is 36.1 Å². The van der Waals surface area contributed by atoms with Crippen molar-refractivity contribution in [1.82, 2.24) is 19.1 Å². The van der Waals surface area contributed by atoms with Crippen LogP contribution >= 0.6 is 0 Å². The molecule has 10 rings (SSSR count). The highest BCUT2D eigenvalue weighted by Crippen LogP contribution is 2.38. The molecule has 15 atom stereocenters. The van der Waals surface area contributed by atoms with Gasteiger partial charge in [-0.1, -0.05) is 114 Å². The van der Waals surface area contributed by atoms with Crippen LogP contribution < -0.4 is 22.5 Å². The Morgan fingerprint density at radius 3 is 1.28 bits per heavy atom. The third-order valence-electron chi connectivity index (χ3n) is 14.4. The fraction of sp³-hybridized carbons (Fsp3) is 0.403. The maximum atomic E-state index is 12.5. The first-order valence-electron chi connectivity index (χ1n) is 29.3. The number of nitrogens with zero attached hydrogens (tertiary/aromatic N) is 2. The second-order valence-corrected chi connectivity index (χ2v) is 20.2. The van der Waals surface area contributed by atoms with Gasteiger partial charge in [-0.05, 0) is 67.8 Å². The van der Waals surface area contributed by atoms with Crippen molar-refractivity contribution in [2.75, 3.05) is 6.61 Å². The number of carbonyl (C=O) groups excluding carboxylic acids is 5. The summed E-state index contributed by atoms with van der Waals surface area (Å²) in [4.78, 5) is 111. The van der Waals surface area contributed by atoms with Crippen LogP contribution in [0.4, 0.5) is 0 Å². The molecular weight excluding hydrogens is 1120 g/mol. The highest BCUT2D eigenvalue weighted by molar-refractivity contribution is 5.92. The second-order valence-electron chi connectivity index (χ2n) is 20.2. The van der Waals surface area contributed by atoms with Crippen LogP contribution in [0.1, 0.15) is 119 Å². The summed E-state index contributed by atoms with van der Waals surface area (Å²) in [5.74, 6) is -3.53. The van der Waals surface area contributed by atoms with E-state index >= 15 is 0 Å². The summed E-state index contributed by atoms with van der Waals surface area (Å²) in [6.07, 6.45) is -10.5. The van der Waals surface area contributed by atoms with Gasteiger partial charge < -0.3 is 53.2 Å². The molecular formula is C62H70N4O20. The number of aliphatic hydroxyl groups is 3. The van der Waals surface area contributed by atoms with E-state index in [1.165, 1.54) is 6.20 Å². The number of aromatic amines is 2. The summed E-state index contributed by atoms with van der Waals surface area (Å²) in [7, 11) is 0. The molecule has 6 heterocycles. The van der Waals surface area contributed by atoms with Crippen molar-refractivity contribution in [1.29, 1.82) is 0 Å². The van der Waals surface area contributed by atoms with Gasteiger partial charge >= 0.3 is 41.2 Å². The molecule has 4 saturated heterocycles. The van der Waals surface area contributed by atoms with Crippen molar-refractivity contribution in [3.8, 4) is 0 Å². The van der Waals surface area contributed by atoms with Gasteiger partial charge in [-0.25, -0.2) is 33.6 Å². The molecule has 24 heteroatoms. The molecule has 4 aromatic carbocycles. The van der Waals surface area contributed by atoms with E-state index in [4.69, 9.17) is 47.1 Å². The molecule has 5 N–H and O–H groups in total. The number of esters is 5. The minimum atomic E-state index is -2.30. The molecule has 86 heavy (non-hydrogen) atoms. The standard InChI is InChI=1S/C21H22O5.C18H20N2O5.C14H16O4.C9H12N2O6/c1-3-17-14(2)18(25-19(22)15-10-6-4-7-11-15)21(24-17)26-20(23)16-12-8-5-9-13-16;1-3-13-11(2)15(25-17(22)12-7-5-4-6-8-12)16(24-13)20-10-9-14(21)19-18(20)23;1-3-11-9(2)12(14(16)17-11)18-13(15)10-7-5-4-6-8-10;12-3-4-6(14)7(15)8(17-4)11-2-1-5(13)10-9(11)16/h4-14,17-18,21H,3H2,1-2H3;4-11,13,15-16H,3H2,1-2H3,(H,19,21,23);4-9,11-12H,3H2,1-2H3;1-2,4,6-8,12,14-15H,3H2,(H,10,13,16)/t14-,17-,18?,21?;11-,13-,15?,16-;9-,11-,12?;4-,6-,7-,8-/m1111/s1/i21D;16D;;8D. The Bertz CT molecular complexity index is 3640. The Kier molecular flexibility index (Phi) is 21.4. The summed E-state index contributed by atoms with van der Waals surface area (Å²) in [5.41, 5.74) is -1.54. The van der Waals surface area contributed by atoms with Crippen LogP contribution in [-0.2, 0) is 42.7 Å². The zero-order valence-corrected chi connectivity index (χ0v) is 47.8. The minimum absolute atomic E-state index is 0.102. The number of benzene rings is 4. The van der Waals surface area contributed by atoms with Crippen molar-refractivity contribution in [3.63, 3.8) is 0 Å². The highest BCUT2D eigenvalue weighted by Gasteiger charge is 2.48. The summed E-state index contributed by atoms with van der Waals surface area (Å²) in [6, 6.07) is 36.0. The highest BCUT2D eigenvalue weighted by atomic mass is 16.7. The lowest BCUT2D eigenvalue weighted by molar-refractivity contribution is -0.147. The largest absolute Gasteiger partial charge is 0.459 e. The fourth-order valence-electron chi connectivity index (χ4n) is 9.49. The van der Waals surface area contributed by atoms with E-state index < -0.39 is 114 Å². The number of hydrogen-bond acceptors (Lipinski definition) is 20. The number of carbonyl (C=O) groups is 5. The Hall–Kier alpha value is -8.65. The minimum Gasteiger partial charge on any atom is -0.459 e. The normalized spacial score (nSPS) is 30.2. The molecule has 0 saturated carbocycles. The van der Waals surface area contributed by atoms with Crippen LogP contribution in [0.2, 0.25) is 0 Å². The first-order chi connectivity index (χ1) is 42.3. The predicted molar refractivity (Wildman–Crippen MR) is 305 cm³/mol. The molecule has 0 radical (unpaired) electrons. The van der Waals surface area contributed by atoms with Gasteiger partial charge in [0.1, 0.15) is 25.8 Å². The van der Waals surface area contributed by atoms with Gasteiger partial charge in [-0.15, -0.1) is 0 Å². The molecule has 4 fully saturated rings. The quantitative estimate of drug-likeness (QED) is 0.0717. The molecule has 4 unspecified atom stereocenters. The average molecular weight is 1190 g/mol. The summed E-state index contributed by atoms with van der Waals surface area (Å²) in [6.45, 7) is 10.6. The fourth-order valence-corrected chi connectivity index (χ4v) is 9.49. The van der Waals surface area contributed by atoms with Crippen LogP contribution in [-0.4, -0.2) is 132 Å². The number of hydrogen-bond donors (Lipinski definition) is 5. The summed E-state index contributed by atoms with van der Waals surface area (Å²) < 4.78 is 70.2. The van der Waals surface area contributed by atoms with Crippen LogP contribution in [0.3, 0.4) is 0 Å². The molecule has 2 aromatic heterocycles. The second kappa shape index (κ2) is 30.4. The molecule has 4 aliphatic heterocycles. The van der Waals surface area contributed by atoms with E-state index in [1.54, 1.807) is 115 Å². The molecule has 458 valence electrons. The predicted octanol–water partition coefficient (Wildman–Crippen LogP) is 4.88. The topological polar surface area (TPSA) is 330 Å². The van der Waals surface area contributed by atoms with E-state index in [2.05, 4.69) is 4.98 Å². The smallest absolute Gasteiger partial charge is 0.348 e. The van der Waals surface area contributed by atoms with Gasteiger partial charge in [-0.3, -0.25) is 28.7 Å². The molecule has 24 nitrogen and oxygen atoms in total.